The number of hydrogen-bond acceptors (Lipinski definition) is 5. The lowest BCUT2D eigenvalue weighted by Gasteiger charge is -2.26. The van der Waals surface area contributed by atoms with Gasteiger partial charge in [0.1, 0.15) is 0 Å². The monoisotopic (exact) mass is 519 g/mol. The van der Waals surface area contributed by atoms with Crippen molar-refractivity contribution in [3.05, 3.63) is 129 Å². The first-order valence-corrected chi connectivity index (χ1v) is 12.8. The first-order valence-electron chi connectivity index (χ1n) is 10.9. The third-order valence-electron chi connectivity index (χ3n) is 5.42. The molecule has 0 saturated carbocycles. The molecule has 0 aromatic heterocycles. The Balaban J connectivity index is 2.07. The first-order chi connectivity index (χ1) is 17.2. The van der Waals surface area contributed by atoms with Crippen LogP contribution in [0.2, 0.25) is 5.02 Å². The van der Waals surface area contributed by atoms with Gasteiger partial charge in [0, 0.05) is 11.6 Å². The zero-order valence-corrected chi connectivity index (χ0v) is 21.1. The summed E-state index contributed by atoms with van der Waals surface area (Å²) in [7, 11) is -4.53. The smallest absolute Gasteiger partial charge is 0.258 e. The van der Waals surface area contributed by atoms with Crippen molar-refractivity contribution >= 4 is 44.5 Å². The van der Waals surface area contributed by atoms with E-state index in [1.165, 1.54) is 18.2 Å². The van der Waals surface area contributed by atoms with Gasteiger partial charge in [0.15, 0.2) is 10.7 Å². The van der Waals surface area contributed by atoms with E-state index in [-0.39, 0.29) is 16.5 Å². The van der Waals surface area contributed by atoms with Crippen molar-refractivity contribution in [2.45, 2.75) is 18.7 Å². The number of sulfonamides is 1. The van der Waals surface area contributed by atoms with E-state index < -0.39 is 25.5 Å². The largest absolute Gasteiger partial charge is 0.289 e. The summed E-state index contributed by atoms with van der Waals surface area (Å²) in [5.41, 5.74) is 2.48. The van der Waals surface area contributed by atoms with Crippen LogP contribution >= 0.6 is 11.6 Å². The highest BCUT2D eigenvalue weighted by molar-refractivity contribution is 7.93. The van der Waals surface area contributed by atoms with E-state index in [0.29, 0.717) is 11.3 Å². The predicted molar refractivity (Wildman–Crippen MR) is 143 cm³/mol. The molecule has 0 heterocycles. The number of aliphatic imine (C=N–C) groups is 1. The van der Waals surface area contributed by atoms with E-state index in [2.05, 4.69) is 0 Å². The maximum absolute atomic E-state index is 14.2. The Morgan fingerprint density at radius 3 is 2.00 bits per heavy atom. The highest BCUT2D eigenvalue weighted by atomic mass is 35.5. The van der Waals surface area contributed by atoms with Crippen LogP contribution in [0.3, 0.4) is 0 Å². The van der Waals surface area contributed by atoms with Gasteiger partial charge >= 0.3 is 0 Å². The molecular formula is C27H22ClN3O4S. The normalized spacial score (nSPS) is 11.8. The summed E-state index contributed by atoms with van der Waals surface area (Å²) in [6, 6.07) is 26.0. The summed E-state index contributed by atoms with van der Waals surface area (Å²) >= 11 is 6.53. The molecule has 182 valence electrons. The summed E-state index contributed by atoms with van der Waals surface area (Å²) in [5, 5.41) is 12.0. The number of amidine groups is 1. The summed E-state index contributed by atoms with van der Waals surface area (Å²) in [6.45, 7) is 3.81. The van der Waals surface area contributed by atoms with Crippen molar-refractivity contribution in [3.8, 4) is 0 Å². The Labute approximate surface area is 214 Å². The molecule has 0 aliphatic heterocycles. The average Bonchev–Trinajstić information content (AvgIpc) is 2.86. The van der Waals surface area contributed by atoms with E-state index >= 15 is 0 Å². The van der Waals surface area contributed by atoms with Crippen molar-refractivity contribution in [1.29, 1.82) is 0 Å². The van der Waals surface area contributed by atoms with Gasteiger partial charge in [-0.25, -0.2) is 17.7 Å². The van der Waals surface area contributed by atoms with E-state index in [1.54, 1.807) is 60.7 Å². The fourth-order valence-corrected chi connectivity index (χ4v) is 5.42. The van der Waals surface area contributed by atoms with Crippen LogP contribution in [0.15, 0.2) is 107 Å². The predicted octanol–water partition coefficient (Wildman–Crippen LogP) is 6.84. The summed E-state index contributed by atoms with van der Waals surface area (Å²) in [6.07, 6.45) is 0. The molecule has 0 spiro atoms. The second kappa shape index (κ2) is 10.3. The number of rotatable bonds is 6. The number of aryl methyl sites for hydroxylation is 2. The molecule has 0 amide bonds. The molecule has 36 heavy (non-hydrogen) atoms. The molecule has 0 aliphatic carbocycles. The van der Waals surface area contributed by atoms with Gasteiger partial charge < -0.3 is 0 Å². The van der Waals surface area contributed by atoms with Gasteiger partial charge in [-0.1, -0.05) is 71.3 Å². The van der Waals surface area contributed by atoms with Crippen LogP contribution in [0.1, 0.15) is 16.7 Å². The maximum Gasteiger partial charge on any atom is 0.289 e. The van der Waals surface area contributed by atoms with E-state index in [9.17, 15) is 18.5 Å². The van der Waals surface area contributed by atoms with Crippen molar-refractivity contribution in [2.24, 2.45) is 4.99 Å². The number of hydrogen-bond donors (Lipinski definition) is 0. The lowest BCUT2D eigenvalue weighted by atomic mass is 10.1. The molecule has 9 heteroatoms. The second-order valence-corrected chi connectivity index (χ2v) is 10.2. The third-order valence-corrected chi connectivity index (χ3v) is 7.52. The minimum absolute atomic E-state index is 0.00598. The second-order valence-electron chi connectivity index (χ2n) is 8.08. The van der Waals surface area contributed by atoms with Gasteiger partial charge in [0.05, 0.1) is 21.3 Å². The Hall–Kier alpha value is -4.01. The van der Waals surface area contributed by atoms with Crippen molar-refractivity contribution in [3.63, 3.8) is 0 Å². The zero-order chi connectivity index (χ0) is 25.9. The van der Waals surface area contributed by atoms with E-state index in [0.717, 1.165) is 21.5 Å². The van der Waals surface area contributed by atoms with Crippen molar-refractivity contribution < 1.29 is 13.3 Å². The minimum Gasteiger partial charge on any atom is -0.258 e. The average molecular weight is 520 g/mol. The Morgan fingerprint density at radius 1 is 0.833 bits per heavy atom. The number of para-hydroxylation sites is 1. The number of anilines is 1. The molecule has 0 N–H and O–H groups in total. The van der Waals surface area contributed by atoms with Gasteiger partial charge in [0.2, 0.25) is 0 Å². The Morgan fingerprint density at radius 2 is 1.39 bits per heavy atom. The standard InChI is InChI=1S/C27H22ClN3O4S/c1-19-11-15-21(16-12-19)29-27(23-7-3-4-8-24(23)28)30(22-17-13-20(2)14-18-22)36(34,35)26-10-6-5-9-25(26)31(32)33/h3-18H,1-2H3. The topological polar surface area (TPSA) is 92.9 Å². The Bertz CT molecular complexity index is 1550. The molecule has 0 saturated heterocycles. The van der Waals surface area contributed by atoms with Gasteiger partial charge in [-0.2, -0.15) is 0 Å². The van der Waals surface area contributed by atoms with Crippen LogP contribution in [0.4, 0.5) is 17.1 Å². The molecule has 4 aromatic rings. The summed E-state index contributed by atoms with van der Waals surface area (Å²) in [4.78, 5) is 15.3. The molecule has 7 nitrogen and oxygen atoms in total. The Kier molecular flexibility index (Phi) is 7.19. The highest BCUT2D eigenvalue weighted by Gasteiger charge is 2.36. The van der Waals surface area contributed by atoms with Gasteiger partial charge in [-0.05, 0) is 56.3 Å². The lowest BCUT2D eigenvalue weighted by molar-refractivity contribution is -0.387. The molecule has 0 aliphatic rings. The zero-order valence-electron chi connectivity index (χ0n) is 19.5. The van der Waals surface area contributed by atoms with Gasteiger partial charge in [0.25, 0.3) is 15.7 Å². The van der Waals surface area contributed by atoms with E-state index in [4.69, 9.17) is 16.6 Å². The third kappa shape index (κ3) is 5.15. The molecule has 0 radical (unpaired) electrons. The first kappa shape index (κ1) is 25.1. The van der Waals surface area contributed by atoms with Gasteiger partial charge in [-0.15, -0.1) is 0 Å². The lowest BCUT2D eigenvalue weighted by Crippen LogP contribution is -2.38. The fraction of sp³-hybridized carbons (Fsp3) is 0.0741. The maximum atomic E-state index is 14.2. The summed E-state index contributed by atoms with van der Waals surface area (Å²) in [5.74, 6) is 0.00598. The number of nitro benzene ring substituents is 1. The molecule has 4 aromatic carbocycles. The molecule has 4 rings (SSSR count). The van der Waals surface area contributed by atoms with Crippen LogP contribution in [0.25, 0.3) is 0 Å². The highest BCUT2D eigenvalue weighted by Crippen LogP contribution is 2.34. The van der Waals surface area contributed by atoms with Crippen molar-refractivity contribution in [2.75, 3.05) is 4.31 Å². The van der Waals surface area contributed by atoms with Crippen LogP contribution in [-0.4, -0.2) is 19.2 Å². The number of nitrogens with zero attached hydrogens (tertiary/aromatic N) is 3. The number of nitro groups is 1. The molecule has 0 fully saturated rings. The van der Waals surface area contributed by atoms with Crippen LogP contribution in [-0.2, 0) is 10.0 Å². The van der Waals surface area contributed by atoms with Crippen molar-refractivity contribution in [1.82, 2.24) is 0 Å². The molecule has 0 bridgehead atoms. The fourth-order valence-electron chi connectivity index (χ4n) is 3.58. The quantitative estimate of drug-likeness (QED) is 0.121. The van der Waals surface area contributed by atoms with Crippen LogP contribution in [0, 0.1) is 24.0 Å². The summed E-state index contributed by atoms with van der Waals surface area (Å²) < 4.78 is 29.4. The minimum atomic E-state index is -4.53. The molecule has 0 unspecified atom stereocenters. The molecular weight excluding hydrogens is 498 g/mol. The molecule has 0 atom stereocenters. The van der Waals surface area contributed by atoms with Crippen LogP contribution in [0.5, 0.6) is 0 Å². The number of halogens is 1. The van der Waals surface area contributed by atoms with Gasteiger partial charge in [-0.3, -0.25) is 10.1 Å². The van der Waals surface area contributed by atoms with Crippen LogP contribution < -0.4 is 4.31 Å². The SMILES string of the molecule is Cc1ccc(N=C(c2ccccc2Cl)N(c2ccc(C)cc2)S(=O)(=O)c2ccccc2[N+](=O)[O-])cc1. The number of benzene rings is 4. The van der Waals surface area contributed by atoms with E-state index in [1.807, 2.05) is 26.0 Å².